The maximum Gasteiger partial charge on any atom is 0.234 e. The molecule has 2 unspecified atom stereocenters. The number of piperidine rings is 1. The summed E-state index contributed by atoms with van der Waals surface area (Å²) >= 11 is 0. The van der Waals surface area contributed by atoms with Crippen molar-refractivity contribution in [2.24, 2.45) is 5.92 Å². The van der Waals surface area contributed by atoms with Gasteiger partial charge in [0.25, 0.3) is 0 Å². The molecule has 4 heteroatoms. The first-order valence-corrected chi connectivity index (χ1v) is 10.0. The summed E-state index contributed by atoms with van der Waals surface area (Å²) in [5, 5.41) is 3.13. The zero-order chi connectivity index (χ0) is 17.5. The monoisotopic (exact) mass is 343 g/mol. The van der Waals surface area contributed by atoms with Crippen LogP contribution in [-0.4, -0.2) is 50.1 Å². The Morgan fingerprint density at radius 3 is 2.76 bits per heavy atom. The van der Waals surface area contributed by atoms with Crippen LogP contribution in [0.25, 0.3) is 0 Å². The van der Waals surface area contributed by atoms with Gasteiger partial charge in [-0.15, -0.1) is 0 Å². The molecule has 1 amide bonds. The molecule has 4 nitrogen and oxygen atoms in total. The molecule has 1 aromatic carbocycles. The summed E-state index contributed by atoms with van der Waals surface area (Å²) in [7, 11) is 2.11. The Morgan fingerprint density at radius 2 is 1.92 bits per heavy atom. The molecule has 138 valence electrons. The number of anilines is 1. The van der Waals surface area contributed by atoms with Gasteiger partial charge in [-0.1, -0.05) is 31.0 Å². The van der Waals surface area contributed by atoms with E-state index in [1.54, 1.807) is 0 Å². The quantitative estimate of drug-likeness (QED) is 0.772. The molecule has 2 aliphatic rings. The smallest absolute Gasteiger partial charge is 0.234 e. The summed E-state index contributed by atoms with van der Waals surface area (Å²) in [5.74, 6) is 1.04. The minimum Gasteiger partial charge on any atom is -0.375 e. The number of nitrogens with one attached hydrogen (secondary N) is 1. The number of amides is 1. The third-order valence-corrected chi connectivity index (χ3v) is 5.89. The van der Waals surface area contributed by atoms with Gasteiger partial charge in [-0.3, -0.25) is 9.69 Å². The first kappa shape index (κ1) is 18.2. The Morgan fingerprint density at radius 1 is 1.16 bits per heavy atom. The number of benzene rings is 1. The number of likely N-dealkylation sites (tertiary alicyclic amines) is 1. The van der Waals surface area contributed by atoms with E-state index >= 15 is 0 Å². The zero-order valence-corrected chi connectivity index (χ0v) is 15.6. The highest BCUT2D eigenvalue weighted by atomic mass is 16.2. The van der Waals surface area contributed by atoms with E-state index in [-0.39, 0.29) is 5.91 Å². The maximum atomic E-state index is 12.3. The SMILES string of the molecule is CN(CCCNC(=O)CN1CCCC2CCCCC21)c1ccccc1. The minimum absolute atomic E-state index is 0.202. The number of fused-ring (bicyclic) bond motifs is 1. The molecule has 1 aromatic rings. The van der Waals surface area contributed by atoms with Crippen LogP contribution in [0.1, 0.15) is 44.9 Å². The highest BCUT2D eigenvalue weighted by Crippen LogP contribution is 2.34. The standard InChI is InChI=1S/C21H33N3O/c1-23(19-11-3-2-4-12-19)15-8-14-22-21(25)17-24-16-7-10-18-9-5-6-13-20(18)24/h2-4,11-12,18,20H,5-10,13-17H2,1H3,(H,22,25). The van der Waals surface area contributed by atoms with Gasteiger partial charge in [0.1, 0.15) is 0 Å². The van der Waals surface area contributed by atoms with E-state index in [1.807, 2.05) is 6.07 Å². The van der Waals surface area contributed by atoms with Crippen molar-refractivity contribution in [2.45, 2.75) is 51.0 Å². The number of nitrogens with zero attached hydrogens (tertiary/aromatic N) is 2. The van der Waals surface area contributed by atoms with E-state index in [2.05, 4.69) is 46.4 Å². The van der Waals surface area contributed by atoms with Crippen LogP contribution in [0.3, 0.4) is 0 Å². The molecule has 2 fully saturated rings. The van der Waals surface area contributed by atoms with Crippen LogP contribution < -0.4 is 10.2 Å². The second-order valence-corrected chi connectivity index (χ2v) is 7.69. The number of hydrogen-bond acceptors (Lipinski definition) is 3. The van der Waals surface area contributed by atoms with E-state index < -0.39 is 0 Å². The fourth-order valence-electron chi connectivity index (χ4n) is 4.52. The number of para-hydroxylation sites is 1. The molecule has 25 heavy (non-hydrogen) atoms. The van der Waals surface area contributed by atoms with Gasteiger partial charge in [0, 0.05) is 31.9 Å². The predicted octanol–water partition coefficient (Wildman–Crippen LogP) is 3.28. The number of hydrogen-bond donors (Lipinski definition) is 1. The van der Waals surface area contributed by atoms with Crippen LogP contribution in [0.15, 0.2) is 30.3 Å². The van der Waals surface area contributed by atoms with Gasteiger partial charge >= 0.3 is 0 Å². The topological polar surface area (TPSA) is 35.6 Å². The molecule has 2 atom stereocenters. The van der Waals surface area contributed by atoms with Crippen LogP contribution in [0.2, 0.25) is 0 Å². The molecule has 1 heterocycles. The molecule has 1 saturated carbocycles. The summed E-state index contributed by atoms with van der Waals surface area (Å²) in [6.07, 6.45) is 8.99. The van der Waals surface area contributed by atoms with Crippen molar-refractivity contribution in [3.63, 3.8) is 0 Å². The lowest BCUT2D eigenvalue weighted by Crippen LogP contribution is -2.50. The first-order valence-electron chi connectivity index (χ1n) is 10.0. The Bertz CT molecular complexity index is 531. The Balaban J connectivity index is 1.35. The van der Waals surface area contributed by atoms with Gasteiger partial charge in [0.05, 0.1) is 6.54 Å². The van der Waals surface area contributed by atoms with Crippen molar-refractivity contribution >= 4 is 11.6 Å². The van der Waals surface area contributed by atoms with Gasteiger partial charge < -0.3 is 10.2 Å². The van der Waals surface area contributed by atoms with Gasteiger partial charge in [-0.2, -0.15) is 0 Å². The van der Waals surface area contributed by atoms with Gasteiger partial charge in [-0.25, -0.2) is 0 Å². The fraction of sp³-hybridized carbons (Fsp3) is 0.667. The lowest BCUT2D eigenvalue weighted by Gasteiger charge is -2.43. The summed E-state index contributed by atoms with van der Waals surface area (Å²) in [5.41, 5.74) is 1.23. The Kier molecular flexibility index (Phi) is 6.74. The van der Waals surface area contributed by atoms with E-state index in [4.69, 9.17) is 0 Å². The summed E-state index contributed by atoms with van der Waals surface area (Å²) < 4.78 is 0. The van der Waals surface area contributed by atoms with Crippen molar-refractivity contribution in [1.82, 2.24) is 10.2 Å². The average molecular weight is 344 g/mol. The number of rotatable bonds is 7. The van der Waals surface area contributed by atoms with Gasteiger partial charge in [0.2, 0.25) is 5.91 Å². The predicted molar refractivity (Wildman–Crippen MR) is 104 cm³/mol. The molecule has 1 saturated heterocycles. The maximum absolute atomic E-state index is 12.3. The Labute approximate surface area is 152 Å². The molecule has 0 aromatic heterocycles. The molecule has 0 bridgehead atoms. The Hall–Kier alpha value is -1.55. The van der Waals surface area contributed by atoms with Crippen LogP contribution in [0.5, 0.6) is 0 Å². The van der Waals surface area contributed by atoms with Gasteiger partial charge in [0.15, 0.2) is 0 Å². The second-order valence-electron chi connectivity index (χ2n) is 7.69. The molecule has 1 aliphatic carbocycles. The molecule has 1 N–H and O–H groups in total. The third kappa shape index (κ3) is 5.21. The molecular formula is C21H33N3O. The number of carbonyl (C=O) groups excluding carboxylic acids is 1. The fourth-order valence-corrected chi connectivity index (χ4v) is 4.52. The summed E-state index contributed by atoms with van der Waals surface area (Å²) in [4.78, 5) is 17.0. The van der Waals surface area contributed by atoms with E-state index in [9.17, 15) is 4.79 Å². The second kappa shape index (κ2) is 9.23. The van der Waals surface area contributed by atoms with E-state index in [0.717, 1.165) is 32.0 Å². The summed E-state index contributed by atoms with van der Waals surface area (Å²) in [6, 6.07) is 11.1. The van der Waals surface area contributed by atoms with E-state index in [1.165, 1.54) is 44.2 Å². The average Bonchev–Trinajstić information content (AvgIpc) is 2.66. The number of carbonyl (C=O) groups is 1. The molecule has 1 aliphatic heterocycles. The van der Waals surface area contributed by atoms with Gasteiger partial charge in [-0.05, 0) is 56.7 Å². The lowest BCUT2D eigenvalue weighted by atomic mass is 9.78. The van der Waals surface area contributed by atoms with Crippen LogP contribution in [0, 0.1) is 5.92 Å². The largest absolute Gasteiger partial charge is 0.375 e. The lowest BCUT2D eigenvalue weighted by molar-refractivity contribution is -0.123. The highest BCUT2D eigenvalue weighted by molar-refractivity contribution is 5.78. The van der Waals surface area contributed by atoms with Crippen molar-refractivity contribution in [3.8, 4) is 0 Å². The zero-order valence-electron chi connectivity index (χ0n) is 15.6. The van der Waals surface area contributed by atoms with Crippen LogP contribution in [-0.2, 0) is 4.79 Å². The normalized spacial score (nSPS) is 23.7. The first-order chi connectivity index (χ1) is 12.2. The van der Waals surface area contributed by atoms with Crippen LogP contribution >= 0.6 is 0 Å². The molecule has 0 spiro atoms. The van der Waals surface area contributed by atoms with Crippen molar-refractivity contribution < 1.29 is 4.79 Å². The van der Waals surface area contributed by atoms with Crippen molar-refractivity contribution in [3.05, 3.63) is 30.3 Å². The highest BCUT2D eigenvalue weighted by Gasteiger charge is 2.33. The minimum atomic E-state index is 0.202. The van der Waals surface area contributed by atoms with Crippen molar-refractivity contribution in [2.75, 3.05) is 38.1 Å². The van der Waals surface area contributed by atoms with Crippen LogP contribution in [0.4, 0.5) is 5.69 Å². The summed E-state index contributed by atoms with van der Waals surface area (Å²) in [6.45, 7) is 3.41. The molecule has 0 radical (unpaired) electrons. The molecular weight excluding hydrogens is 310 g/mol. The van der Waals surface area contributed by atoms with Crippen molar-refractivity contribution in [1.29, 1.82) is 0 Å². The van der Waals surface area contributed by atoms with E-state index in [0.29, 0.717) is 12.6 Å². The molecule has 3 rings (SSSR count). The third-order valence-electron chi connectivity index (χ3n) is 5.89.